The van der Waals surface area contributed by atoms with Crippen LogP contribution in [0.15, 0.2) is 77.4 Å². The SMILES string of the molecule is CCOc1cc(C=C2N=C(c3ccc(C)c(Cl)c3)OC2=O)ccc1OCc1ccccc1. The molecule has 4 rings (SSSR count). The van der Waals surface area contributed by atoms with Gasteiger partial charge in [-0.3, -0.25) is 0 Å². The van der Waals surface area contributed by atoms with Crippen LogP contribution in [-0.2, 0) is 16.1 Å². The van der Waals surface area contributed by atoms with Crippen LogP contribution in [0.5, 0.6) is 11.5 Å². The summed E-state index contributed by atoms with van der Waals surface area (Å²) >= 11 is 6.19. The van der Waals surface area contributed by atoms with Gasteiger partial charge < -0.3 is 14.2 Å². The zero-order valence-electron chi connectivity index (χ0n) is 17.8. The highest BCUT2D eigenvalue weighted by Gasteiger charge is 2.24. The number of hydrogen-bond acceptors (Lipinski definition) is 5. The number of benzene rings is 3. The average Bonchev–Trinajstić information content (AvgIpc) is 3.16. The number of aryl methyl sites for hydroxylation is 1. The van der Waals surface area contributed by atoms with Crippen LogP contribution in [0.1, 0.15) is 29.2 Å². The molecular formula is C26H22ClNO4. The van der Waals surface area contributed by atoms with Gasteiger partial charge >= 0.3 is 5.97 Å². The average molecular weight is 448 g/mol. The smallest absolute Gasteiger partial charge is 0.363 e. The summed E-state index contributed by atoms with van der Waals surface area (Å²) in [7, 11) is 0. The van der Waals surface area contributed by atoms with E-state index >= 15 is 0 Å². The fourth-order valence-electron chi connectivity index (χ4n) is 3.15. The molecule has 0 amide bonds. The largest absolute Gasteiger partial charge is 0.490 e. The first-order valence-electron chi connectivity index (χ1n) is 10.3. The number of aliphatic imine (C=N–C) groups is 1. The maximum absolute atomic E-state index is 12.4. The van der Waals surface area contributed by atoms with Crippen molar-refractivity contribution in [3.8, 4) is 11.5 Å². The Kier molecular flexibility index (Phi) is 6.57. The number of ether oxygens (including phenoxy) is 3. The maximum Gasteiger partial charge on any atom is 0.363 e. The van der Waals surface area contributed by atoms with E-state index in [9.17, 15) is 4.79 Å². The standard InChI is InChI=1S/C26H22ClNO4/c1-3-30-24-14-19(10-12-23(24)31-16-18-7-5-4-6-8-18)13-22-26(29)32-25(28-22)20-11-9-17(2)21(27)15-20/h4-15H,3,16H2,1-2H3. The molecule has 0 aromatic heterocycles. The van der Waals surface area contributed by atoms with E-state index in [2.05, 4.69) is 4.99 Å². The van der Waals surface area contributed by atoms with E-state index in [1.54, 1.807) is 12.1 Å². The van der Waals surface area contributed by atoms with Crippen molar-refractivity contribution in [2.75, 3.05) is 6.61 Å². The minimum atomic E-state index is -0.515. The highest BCUT2D eigenvalue weighted by atomic mass is 35.5. The van der Waals surface area contributed by atoms with E-state index in [1.165, 1.54) is 0 Å². The Hall–Kier alpha value is -3.57. The summed E-state index contributed by atoms with van der Waals surface area (Å²) in [4.78, 5) is 16.7. The second kappa shape index (κ2) is 9.71. The zero-order chi connectivity index (χ0) is 22.5. The second-order valence-corrected chi connectivity index (χ2v) is 7.62. The Morgan fingerprint density at radius 1 is 1.00 bits per heavy atom. The molecule has 32 heavy (non-hydrogen) atoms. The first-order chi connectivity index (χ1) is 15.5. The lowest BCUT2D eigenvalue weighted by Crippen LogP contribution is -2.05. The summed E-state index contributed by atoms with van der Waals surface area (Å²) in [6, 6.07) is 20.8. The molecule has 0 saturated heterocycles. The Labute approximate surface area is 191 Å². The molecule has 6 heteroatoms. The molecule has 5 nitrogen and oxygen atoms in total. The van der Waals surface area contributed by atoms with E-state index in [-0.39, 0.29) is 11.6 Å². The van der Waals surface area contributed by atoms with Crippen molar-refractivity contribution in [2.45, 2.75) is 20.5 Å². The molecule has 0 unspecified atom stereocenters. The number of hydrogen-bond donors (Lipinski definition) is 0. The fraction of sp³-hybridized carbons (Fsp3) is 0.154. The minimum Gasteiger partial charge on any atom is -0.490 e. The molecule has 0 spiro atoms. The number of carbonyl (C=O) groups excluding carboxylic acids is 1. The number of cyclic esters (lactones) is 1. The summed E-state index contributed by atoms with van der Waals surface area (Å²) in [5, 5.41) is 0.589. The number of esters is 1. The number of carbonyl (C=O) groups is 1. The monoisotopic (exact) mass is 447 g/mol. The van der Waals surface area contributed by atoms with Gasteiger partial charge in [-0.25, -0.2) is 9.79 Å². The summed E-state index contributed by atoms with van der Waals surface area (Å²) in [6.45, 7) is 4.73. The Morgan fingerprint density at radius 2 is 1.81 bits per heavy atom. The van der Waals surface area contributed by atoms with Crippen molar-refractivity contribution in [3.63, 3.8) is 0 Å². The molecule has 3 aromatic rings. The van der Waals surface area contributed by atoms with E-state index in [1.807, 2.05) is 74.5 Å². The molecule has 0 bridgehead atoms. The summed E-state index contributed by atoms with van der Waals surface area (Å²) in [5.74, 6) is 0.944. The highest BCUT2D eigenvalue weighted by molar-refractivity contribution is 6.31. The molecule has 0 aliphatic carbocycles. The lowest BCUT2D eigenvalue weighted by atomic mass is 10.1. The van der Waals surface area contributed by atoms with E-state index < -0.39 is 5.97 Å². The normalized spacial score (nSPS) is 14.3. The van der Waals surface area contributed by atoms with E-state index in [0.717, 1.165) is 16.7 Å². The third-order valence-electron chi connectivity index (χ3n) is 4.85. The third kappa shape index (κ3) is 5.01. The van der Waals surface area contributed by atoms with Crippen molar-refractivity contribution in [1.82, 2.24) is 0 Å². The lowest BCUT2D eigenvalue weighted by Gasteiger charge is -2.12. The Morgan fingerprint density at radius 3 is 2.56 bits per heavy atom. The van der Waals surface area contributed by atoms with Crippen molar-refractivity contribution in [3.05, 3.63) is 99.7 Å². The van der Waals surface area contributed by atoms with Crippen LogP contribution in [-0.4, -0.2) is 18.5 Å². The van der Waals surface area contributed by atoms with Crippen LogP contribution < -0.4 is 9.47 Å². The molecule has 0 saturated carbocycles. The van der Waals surface area contributed by atoms with Crippen molar-refractivity contribution >= 4 is 29.5 Å². The van der Waals surface area contributed by atoms with Gasteiger partial charge in [0.1, 0.15) is 6.61 Å². The topological polar surface area (TPSA) is 57.1 Å². The van der Waals surface area contributed by atoms with E-state index in [4.69, 9.17) is 25.8 Å². The number of nitrogens with zero attached hydrogens (tertiary/aromatic N) is 1. The van der Waals surface area contributed by atoms with Gasteiger partial charge in [0.15, 0.2) is 17.2 Å². The molecule has 1 aliphatic rings. The number of halogens is 1. The van der Waals surface area contributed by atoms with Crippen LogP contribution in [0.25, 0.3) is 6.08 Å². The predicted molar refractivity (Wildman–Crippen MR) is 125 cm³/mol. The maximum atomic E-state index is 12.4. The van der Waals surface area contributed by atoms with Gasteiger partial charge in [0, 0.05) is 10.6 Å². The quantitative estimate of drug-likeness (QED) is 0.330. The minimum absolute atomic E-state index is 0.206. The third-order valence-corrected chi connectivity index (χ3v) is 5.25. The predicted octanol–water partition coefficient (Wildman–Crippen LogP) is 5.97. The van der Waals surface area contributed by atoms with Gasteiger partial charge in [-0.2, -0.15) is 0 Å². The zero-order valence-corrected chi connectivity index (χ0v) is 18.6. The molecule has 0 N–H and O–H groups in total. The van der Waals surface area contributed by atoms with Gasteiger partial charge in [0.05, 0.1) is 6.61 Å². The molecule has 0 radical (unpaired) electrons. The van der Waals surface area contributed by atoms with Crippen LogP contribution in [0.4, 0.5) is 0 Å². The molecule has 162 valence electrons. The second-order valence-electron chi connectivity index (χ2n) is 7.21. The van der Waals surface area contributed by atoms with Crippen molar-refractivity contribution in [2.24, 2.45) is 4.99 Å². The van der Waals surface area contributed by atoms with Crippen LogP contribution in [0.3, 0.4) is 0 Å². The van der Waals surface area contributed by atoms with Gasteiger partial charge in [0.2, 0.25) is 5.90 Å². The van der Waals surface area contributed by atoms with Crippen LogP contribution in [0.2, 0.25) is 5.02 Å². The molecule has 1 aliphatic heterocycles. The van der Waals surface area contributed by atoms with Crippen LogP contribution >= 0.6 is 11.6 Å². The molecule has 3 aromatic carbocycles. The van der Waals surface area contributed by atoms with Gasteiger partial charge in [0.25, 0.3) is 0 Å². The van der Waals surface area contributed by atoms with E-state index in [0.29, 0.717) is 35.3 Å². The van der Waals surface area contributed by atoms with Gasteiger partial charge in [-0.05, 0) is 60.9 Å². The first kappa shape index (κ1) is 21.7. The van der Waals surface area contributed by atoms with Crippen molar-refractivity contribution < 1.29 is 19.0 Å². The van der Waals surface area contributed by atoms with Gasteiger partial charge in [-0.15, -0.1) is 0 Å². The Balaban J connectivity index is 1.57. The summed E-state index contributed by atoms with van der Waals surface area (Å²) in [6.07, 6.45) is 1.66. The van der Waals surface area contributed by atoms with Gasteiger partial charge in [-0.1, -0.05) is 54.1 Å². The molecule has 0 fully saturated rings. The first-order valence-corrected chi connectivity index (χ1v) is 10.6. The molecule has 1 heterocycles. The van der Waals surface area contributed by atoms with Crippen molar-refractivity contribution in [1.29, 1.82) is 0 Å². The van der Waals surface area contributed by atoms with Crippen LogP contribution in [0, 0.1) is 6.92 Å². The summed E-state index contributed by atoms with van der Waals surface area (Å²) in [5.41, 5.74) is 3.61. The molecular weight excluding hydrogens is 426 g/mol. The highest BCUT2D eigenvalue weighted by Crippen LogP contribution is 2.31. The lowest BCUT2D eigenvalue weighted by molar-refractivity contribution is -0.129. The number of rotatable bonds is 7. The fourth-order valence-corrected chi connectivity index (χ4v) is 3.33. The summed E-state index contributed by atoms with van der Waals surface area (Å²) < 4.78 is 17.0. The molecule has 0 atom stereocenters. The Bertz CT molecular complexity index is 1200.